The second-order valence-electron chi connectivity index (χ2n) is 7.38. The fraction of sp³-hybridized carbons (Fsp3) is 0.333. The van der Waals surface area contributed by atoms with Crippen LogP contribution in [0.1, 0.15) is 28.8 Å². The summed E-state index contributed by atoms with van der Waals surface area (Å²) >= 11 is 0. The number of sulfonamides is 1. The fourth-order valence-electron chi connectivity index (χ4n) is 3.01. The van der Waals surface area contributed by atoms with Crippen LogP contribution in [0.2, 0.25) is 0 Å². The molecule has 1 N–H and O–H groups in total. The number of carbonyl (C=O) groups is 2. The molecule has 9 heteroatoms. The number of amides is 2. The number of hydrogen-bond donors (Lipinski definition) is 1. The fourth-order valence-corrected chi connectivity index (χ4v) is 3.96. The summed E-state index contributed by atoms with van der Waals surface area (Å²) in [6.07, 6.45) is 1.75. The minimum Gasteiger partial charge on any atom is -0.343 e. The highest BCUT2D eigenvalue weighted by atomic mass is 32.2. The van der Waals surface area contributed by atoms with Gasteiger partial charge < -0.3 is 10.2 Å². The summed E-state index contributed by atoms with van der Waals surface area (Å²) in [4.78, 5) is 26.8. The number of carbonyl (C=O) groups excluding carboxylic acids is 2. The standard InChI is InChI=1S/C21H24FN3O4S/c1-24(2)30(28,29)19-8-4-6-16(12-19)21(27)23-13-20(26)25(18-9-10-18)14-15-5-3-7-17(22)11-15/h3-8,11-12,18H,9-10,13-14H2,1-2H3,(H,23,27). The Morgan fingerprint density at radius 2 is 1.80 bits per heavy atom. The van der Waals surface area contributed by atoms with Crippen LogP contribution in [-0.2, 0) is 21.4 Å². The van der Waals surface area contributed by atoms with Gasteiger partial charge in [-0.3, -0.25) is 9.59 Å². The third-order valence-electron chi connectivity index (χ3n) is 4.82. The average Bonchev–Trinajstić information content (AvgIpc) is 3.55. The number of rotatable bonds is 8. The molecule has 0 unspecified atom stereocenters. The van der Waals surface area contributed by atoms with E-state index in [9.17, 15) is 22.4 Å². The molecule has 2 aromatic carbocycles. The molecular formula is C21H24FN3O4S. The molecule has 0 spiro atoms. The highest BCUT2D eigenvalue weighted by Crippen LogP contribution is 2.28. The van der Waals surface area contributed by atoms with Gasteiger partial charge in [-0.05, 0) is 48.7 Å². The van der Waals surface area contributed by atoms with Crippen molar-refractivity contribution in [2.45, 2.75) is 30.3 Å². The van der Waals surface area contributed by atoms with Gasteiger partial charge in [0.2, 0.25) is 15.9 Å². The largest absolute Gasteiger partial charge is 0.343 e. The van der Waals surface area contributed by atoms with E-state index in [2.05, 4.69) is 5.32 Å². The molecule has 2 aromatic rings. The topological polar surface area (TPSA) is 86.8 Å². The van der Waals surface area contributed by atoms with Gasteiger partial charge in [-0.2, -0.15) is 0 Å². The zero-order chi connectivity index (χ0) is 21.9. The molecule has 0 saturated heterocycles. The van der Waals surface area contributed by atoms with E-state index in [-0.39, 0.29) is 41.3 Å². The van der Waals surface area contributed by atoms with Crippen LogP contribution in [0.15, 0.2) is 53.4 Å². The van der Waals surface area contributed by atoms with Crippen molar-refractivity contribution in [1.82, 2.24) is 14.5 Å². The zero-order valence-corrected chi connectivity index (χ0v) is 17.7. The molecule has 0 radical (unpaired) electrons. The third-order valence-corrected chi connectivity index (χ3v) is 6.64. The van der Waals surface area contributed by atoms with Crippen LogP contribution in [0, 0.1) is 5.82 Å². The summed E-state index contributed by atoms with van der Waals surface area (Å²) in [7, 11) is -0.854. The van der Waals surface area contributed by atoms with E-state index < -0.39 is 15.9 Å². The summed E-state index contributed by atoms with van der Waals surface area (Å²) in [6.45, 7) is 0.0446. The number of benzene rings is 2. The van der Waals surface area contributed by atoms with Crippen LogP contribution >= 0.6 is 0 Å². The zero-order valence-electron chi connectivity index (χ0n) is 16.8. The summed E-state index contributed by atoms with van der Waals surface area (Å²) < 4.78 is 39.0. The maximum absolute atomic E-state index is 13.4. The molecule has 0 aromatic heterocycles. The second-order valence-corrected chi connectivity index (χ2v) is 9.53. The van der Waals surface area contributed by atoms with Gasteiger partial charge >= 0.3 is 0 Å². The molecular weight excluding hydrogens is 409 g/mol. The first kappa shape index (κ1) is 21.9. The van der Waals surface area contributed by atoms with Gasteiger partial charge in [0.1, 0.15) is 5.82 Å². The highest BCUT2D eigenvalue weighted by molar-refractivity contribution is 7.89. The van der Waals surface area contributed by atoms with Crippen LogP contribution in [0.5, 0.6) is 0 Å². The minimum atomic E-state index is -3.67. The van der Waals surface area contributed by atoms with Crippen molar-refractivity contribution in [3.8, 4) is 0 Å². The summed E-state index contributed by atoms with van der Waals surface area (Å²) in [5.74, 6) is -1.18. The quantitative estimate of drug-likeness (QED) is 0.690. The van der Waals surface area contributed by atoms with Gasteiger partial charge in [-0.1, -0.05) is 18.2 Å². The van der Waals surface area contributed by atoms with E-state index in [1.165, 1.54) is 50.5 Å². The van der Waals surface area contributed by atoms with Gasteiger partial charge in [0.25, 0.3) is 5.91 Å². The van der Waals surface area contributed by atoms with Gasteiger partial charge in [0.05, 0.1) is 11.4 Å². The van der Waals surface area contributed by atoms with Crippen molar-refractivity contribution in [3.05, 3.63) is 65.5 Å². The van der Waals surface area contributed by atoms with Crippen LogP contribution in [0.3, 0.4) is 0 Å². The van der Waals surface area contributed by atoms with Gasteiger partial charge in [-0.15, -0.1) is 0 Å². The predicted molar refractivity (Wildman–Crippen MR) is 110 cm³/mol. The van der Waals surface area contributed by atoms with E-state index in [1.807, 2.05) is 0 Å². The van der Waals surface area contributed by atoms with Crippen molar-refractivity contribution in [3.63, 3.8) is 0 Å². The van der Waals surface area contributed by atoms with Crippen LogP contribution in [-0.4, -0.2) is 56.1 Å². The van der Waals surface area contributed by atoms with Crippen molar-refractivity contribution >= 4 is 21.8 Å². The molecule has 160 valence electrons. The third kappa shape index (κ3) is 5.22. The Morgan fingerprint density at radius 1 is 1.10 bits per heavy atom. The second kappa shape index (κ2) is 8.93. The first-order valence-corrected chi connectivity index (χ1v) is 11.0. The Balaban J connectivity index is 1.65. The highest BCUT2D eigenvalue weighted by Gasteiger charge is 2.32. The summed E-state index contributed by atoms with van der Waals surface area (Å²) in [5, 5.41) is 2.55. The van der Waals surface area contributed by atoms with Crippen LogP contribution in [0.25, 0.3) is 0 Å². The Hall–Kier alpha value is -2.78. The van der Waals surface area contributed by atoms with Crippen molar-refractivity contribution < 1.29 is 22.4 Å². The van der Waals surface area contributed by atoms with Gasteiger partial charge in [-0.25, -0.2) is 17.1 Å². The van der Waals surface area contributed by atoms with E-state index >= 15 is 0 Å². The van der Waals surface area contributed by atoms with Crippen molar-refractivity contribution in [2.24, 2.45) is 0 Å². The van der Waals surface area contributed by atoms with Crippen LogP contribution < -0.4 is 5.32 Å². The van der Waals surface area contributed by atoms with Crippen molar-refractivity contribution in [2.75, 3.05) is 20.6 Å². The smallest absolute Gasteiger partial charge is 0.251 e. The monoisotopic (exact) mass is 433 g/mol. The van der Waals surface area contributed by atoms with E-state index in [0.717, 1.165) is 17.1 Å². The normalized spacial score (nSPS) is 13.9. The lowest BCUT2D eigenvalue weighted by Crippen LogP contribution is -2.41. The lowest BCUT2D eigenvalue weighted by Gasteiger charge is -2.23. The van der Waals surface area contributed by atoms with Crippen molar-refractivity contribution in [1.29, 1.82) is 0 Å². The first-order chi connectivity index (χ1) is 14.2. The van der Waals surface area contributed by atoms with E-state index in [4.69, 9.17) is 0 Å². The molecule has 1 fully saturated rings. The van der Waals surface area contributed by atoms with E-state index in [1.54, 1.807) is 17.0 Å². The maximum atomic E-state index is 13.4. The lowest BCUT2D eigenvalue weighted by atomic mass is 10.2. The molecule has 30 heavy (non-hydrogen) atoms. The average molecular weight is 434 g/mol. The molecule has 1 aliphatic rings. The number of nitrogens with zero attached hydrogens (tertiary/aromatic N) is 2. The summed E-state index contributed by atoms with van der Waals surface area (Å²) in [5.41, 5.74) is 0.831. The maximum Gasteiger partial charge on any atom is 0.251 e. The lowest BCUT2D eigenvalue weighted by molar-refractivity contribution is -0.131. The van der Waals surface area contributed by atoms with Gasteiger partial charge in [0.15, 0.2) is 0 Å². The molecule has 0 heterocycles. The van der Waals surface area contributed by atoms with Crippen LogP contribution in [0.4, 0.5) is 4.39 Å². The molecule has 0 atom stereocenters. The Morgan fingerprint density at radius 3 is 2.43 bits per heavy atom. The molecule has 2 amide bonds. The van der Waals surface area contributed by atoms with Gasteiger partial charge in [0, 0.05) is 32.2 Å². The SMILES string of the molecule is CN(C)S(=O)(=O)c1cccc(C(=O)NCC(=O)N(Cc2cccc(F)c2)C2CC2)c1. The Kier molecular flexibility index (Phi) is 6.52. The summed E-state index contributed by atoms with van der Waals surface area (Å²) in [6, 6.07) is 11.8. The van der Waals surface area contributed by atoms with E-state index in [0.29, 0.717) is 5.56 Å². The number of nitrogens with one attached hydrogen (secondary N) is 1. The number of halogens is 1. The minimum absolute atomic E-state index is 0.00260. The first-order valence-electron chi connectivity index (χ1n) is 9.53. The number of hydrogen-bond acceptors (Lipinski definition) is 4. The molecule has 1 aliphatic carbocycles. The Labute approximate surface area is 175 Å². The Bertz CT molecular complexity index is 1050. The predicted octanol–water partition coefficient (Wildman–Crippen LogP) is 2.00. The molecule has 1 saturated carbocycles. The molecule has 3 rings (SSSR count). The molecule has 0 aliphatic heterocycles. The molecule has 0 bridgehead atoms. The molecule has 7 nitrogen and oxygen atoms in total.